The van der Waals surface area contributed by atoms with E-state index in [-0.39, 0.29) is 17.7 Å². The number of ether oxygens (including phenoxy) is 1. The van der Waals surface area contributed by atoms with E-state index in [9.17, 15) is 9.18 Å². The van der Waals surface area contributed by atoms with E-state index in [2.05, 4.69) is 18.1 Å². The first kappa shape index (κ1) is 16.9. The highest BCUT2D eigenvalue weighted by atomic mass is 19.1. The van der Waals surface area contributed by atoms with Crippen molar-refractivity contribution < 1.29 is 13.9 Å². The summed E-state index contributed by atoms with van der Waals surface area (Å²) in [7, 11) is 0. The van der Waals surface area contributed by atoms with Gasteiger partial charge in [0.05, 0.1) is 24.5 Å². The lowest BCUT2D eigenvalue weighted by Crippen LogP contribution is -2.34. The molecule has 0 unspecified atom stereocenters. The van der Waals surface area contributed by atoms with Crippen LogP contribution in [0.3, 0.4) is 0 Å². The average Bonchev–Trinajstić information content (AvgIpc) is 2.49. The normalized spacial score (nSPS) is 11.6. The Morgan fingerprint density at radius 3 is 2.76 bits per heavy atom. The summed E-state index contributed by atoms with van der Waals surface area (Å²) < 4.78 is 18.8. The highest BCUT2D eigenvalue weighted by molar-refractivity contribution is 5.95. The molecular weight excluding hydrogens is 271 g/mol. The zero-order valence-electron chi connectivity index (χ0n) is 12.7. The lowest BCUT2D eigenvalue weighted by Gasteiger charge is -2.28. The van der Waals surface area contributed by atoms with Crippen LogP contribution in [0.1, 0.15) is 32.5 Å². The molecule has 0 aliphatic rings. The van der Waals surface area contributed by atoms with Crippen LogP contribution >= 0.6 is 0 Å². The monoisotopic (exact) mass is 292 g/mol. The number of hydrogen-bond acceptors (Lipinski definition) is 3. The zero-order chi connectivity index (χ0) is 16.0. The van der Waals surface area contributed by atoms with Gasteiger partial charge in [0.1, 0.15) is 0 Å². The van der Waals surface area contributed by atoms with Gasteiger partial charge >= 0.3 is 0 Å². The summed E-state index contributed by atoms with van der Waals surface area (Å²) >= 11 is 0. The molecule has 0 bridgehead atoms. The fourth-order valence-electron chi connectivity index (χ4n) is 1.95. The van der Waals surface area contributed by atoms with Crippen LogP contribution in [0.25, 0.3) is 0 Å². The first-order valence-corrected chi connectivity index (χ1v) is 6.86. The lowest BCUT2D eigenvalue weighted by atomic mass is 10.1. The molecule has 0 saturated heterocycles. The van der Waals surface area contributed by atoms with Crippen molar-refractivity contribution in [1.82, 2.24) is 9.88 Å². The van der Waals surface area contributed by atoms with Crippen molar-refractivity contribution >= 4 is 5.91 Å². The van der Waals surface area contributed by atoms with Crippen molar-refractivity contribution in [2.24, 2.45) is 0 Å². The van der Waals surface area contributed by atoms with Gasteiger partial charge in [0, 0.05) is 18.2 Å². The molecule has 0 radical (unpaired) electrons. The summed E-state index contributed by atoms with van der Waals surface area (Å²) in [6.07, 6.45) is 2.53. The third-order valence-electron chi connectivity index (χ3n) is 3.16. The quantitative estimate of drug-likeness (QED) is 0.572. The van der Waals surface area contributed by atoms with Crippen LogP contribution < -0.4 is 4.74 Å². The molecule has 0 aromatic carbocycles. The minimum absolute atomic E-state index is 0.139. The maximum absolute atomic E-state index is 13.5. The maximum Gasteiger partial charge on any atom is 0.253 e. The van der Waals surface area contributed by atoms with E-state index in [0.717, 1.165) is 6.20 Å². The number of likely N-dealkylation sites (N-methyl/N-ethyl adjacent to an activating group) is 1. The van der Waals surface area contributed by atoms with Crippen LogP contribution in [0, 0.1) is 5.82 Å². The molecule has 1 aromatic rings. The Labute approximate surface area is 124 Å². The van der Waals surface area contributed by atoms with E-state index in [0.29, 0.717) is 24.4 Å². The third-order valence-corrected chi connectivity index (χ3v) is 3.16. The second kappa shape index (κ2) is 7.57. The van der Waals surface area contributed by atoms with Gasteiger partial charge in [0.25, 0.3) is 5.91 Å². The Hall–Kier alpha value is -2.17. The van der Waals surface area contributed by atoms with Crippen molar-refractivity contribution in [3.05, 3.63) is 48.6 Å². The standard InChI is InChI=1S/C16H21FN2O2/c1-6-11(4)16(20)19(7-2)12(5)14-9-15(21-8-3)13(17)10-18-14/h6,9-10,12H,1,4,7-8H2,2-3,5H3/t12-/m0/s1. The largest absolute Gasteiger partial charge is 0.491 e. The van der Waals surface area contributed by atoms with Gasteiger partial charge in [-0.2, -0.15) is 0 Å². The zero-order valence-corrected chi connectivity index (χ0v) is 12.7. The Morgan fingerprint density at radius 2 is 2.24 bits per heavy atom. The van der Waals surface area contributed by atoms with Gasteiger partial charge in [-0.3, -0.25) is 9.78 Å². The Balaban J connectivity index is 3.07. The van der Waals surface area contributed by atoms with Crippen LogP contribution in [0.2, 0.25) is 0 Å². The van der Waals surface area contributed by atoms with Gasteiger partial charge in [-0.1, -0.05) is 19.2 Å². The Bertz CT molecular complexity index is 543. The van der Waals surface area contributed by atoms with E-state index in [1.807, 2.05) is 13.8 Å². The second-order valence-electron chi connectivity index (χ2n) is 4.47. The molecule has 1 atom stereocenters. The summed E-state index contributed by atoms with van der Waals surface area (Å²) in [5.74, 6) is -0.595. The maximum atomic E-state index is 13.5. The number of carbonyl (C=O) groups excluding carboxylic acids is 1. The molecule has 21 heavy (non-hydrogen) atoms. The first-order chi connectivity index (χ1) is 9.96. The van der Waals surface area contributed by atoms with Crippen LogP contribution in [-0.4, -0.2) is 28.9 Å². The van der Waals surface area contributed by atoms with Crippen molar-refractivity contribution in [1.29, 1.82) is 0 Å². The molecule has 5 heteroatoms. The van der Waals surface area contributed by atoms with Gasteiger partial charge in [0.15, 0.2) is 11.6 Å². The van der Waals surface area contributed by atoms with Gasteiger partial charge in [-0.15, -0.1) is 0 Å². The van der Waals surface area contributed by atoms with Crippen LogP contribution in [0.5, 0.6) is 5.75 Å². The number of halogens is 1. The predicted octanol–water partition coefficient (Wildman–Crippen LogP) is 3.27. The minimum atomic E-state index is -0.516. The summed E-state index contributed by atoms with van der Waals surface area (Å²) in [5, 5.41) is 0. The first-order valence-electron chi connectivity index (χ1n) is 6.86. The molecule has 1 amide bonds. The van der Waals surface area contributed by atoms with Crippen molar-refractivity contribution in [3.8, 4) is 5.75 Å². The highest BCUT2D eigenvalue weighted by Crippen LogP contribution is 2.25. The molecule has 4 nitrogen and oxygen atoms in total. The van der Waals surface area contributed by atoms with Crippen molar-refractivity contribution in [3.63, 3.8) is 0 Å². The van der Waals surface area contributed by atoms with E-state index in [4.69, 9.17) is 4.74 Å². The number of amides is 1. The number of hydrogen-bond donors (Lipinski definition) is 0. The molecule has 0 aliphatic heterocycles. The predicted molar refractivity (Wildman–Crippen MR) is 80.5 cm³/mol. The Morgan fingerprint density at radius 1 is 1.57 bits per heavy atom. The van der Waals surface area contributed by atoms with Gasteiger partial charge in [0.2, 0.25) is 0 Å². The number of nitrogens with zero attached hydrogens (tertiary/aromatic N) is 2. The summed E-state index contributed by atoms with van der Waals surface area (Å²) in [6, 6.07) is 1.20. The van der Waals surface area contributed by atoms with Gasteiger partial charge in [-0.25, -0.2) is 4.39 Å². The summed E-state index contributed by atoms with van der Waals surface area (Å²) in [4.78, 5) is 17.9. The molecule has 0 N–H and O–H groups in total. The topological polar surface area (TPSA) is 42.4 Å². The fraction of sp³-hybridized carbons (Fsp3) is 0.375. The minimum Gasteiger partial charge on any atom is -0.491 e. The second-order valence-corrected chi connectivity index (χ2v) is 4.47. The number of rotatable bonds is 7. The molecule has 1 aromatic heterocycles. The molecular formula is C16H21FN2O2. The van der Waals surface area contributed by atoms with E-state index in [1.54, 1.807) is 11.8 Å². The molecule has 0 fully saturated rings. The summed E-state index contributed by atoms with van der Waals surface area (Å²) in [6.45, 7) is 13.5. The average molecular weight is 292 g/mol. The smallest absolute Gasteiger partial charge is 0.253 e. The third kappa shape index (κ3) is 3.90. The van der Waals surface area contributed by atoms with Crippen LogP contribution in [0.15, 0.2) is 37.1 Å². The highest BCUT2D eigenvalue weighted by Gasteiger charge is 2.23. The Kier molecular flexibility index (Phi) is 6.09. The molecule has 0 saturated carbocycles. The number of aromatic nitrogens is 1. The van der Waals surface area contributed by atoms with Crippen LogP contribution in [0.4, 0.5) is 4.39 Å². The number of carbonyl (C=O) groups is 1. The SMILES string of the molecule is C=CC(=C)C(=O)N(CC)[C@@H](C)c1cc(OCC)c(F)cn1. The van der Waals surface area contributed by atoms with E-state index in [1.165, 1.54) is 12.1 Å². The van der Waals surface area contributed by atoms with Gasteiger partial charge < -0.3 is 9.64 Å². The van der Waals surface area contributed by atoms with Crippen LogP contribution in [-0.2, 0) is 4.79 Å². The van der Waals surface area contributed by atoms with Crippen molar-refractivity contribution in [2.45, 2.75) is 26.8 Å². The summed E-state index contributed by atoms with van der Waals surface area (Å²) in [5.41, 5.74) is 0.878. The molecule has 1 heterocycles. The molecule has 114 valence electrons. The van der Waals surface area contributed by atoms with E-state index >= 15 is 0 Å². The fourth-order valence-corrected chi connectivity index (χ4v) is 1.95. The molecule has 1 rings (SSSR count). The van der Waals surface area contributed by atoms with E-state index < -0.39 is 5.82 Å². The lowest BCUT2D eigenvalue weighted by molar-refractivity contribution is -0.128. The molecule has 0 aliphatic carbocycles. The van der Waals surface area contributed by atoms with Gasteiger partial charge in [-0.05, 0) is 20.8 Å². The number of pyridine rings is 1. The van der Waals surface area contributed by atoms with Crippen molar-refractivity contribution in [2.75, 3.05) is 13.2 Å². The molecule has 0 spiro atoms.